The molecule has 128 valence electrons. The predicted molar refractivity (Wildman–Crippen MR) is 83.5 cm³/mol. The summed E-state index contributed by atoms with van der Waals surface area (Å²) in [5, 5.41) is 2.79. The maximum atomic E-state index is 12.1. The quantitative estimate of drug-likeness (QED) is 0.809. The van der Waals surface area contributed by atoms with E-state index in [2.05, 4.69) is 5.32 Å². The number of nitrogens with two attached hydrogens (primary N) is 1. The van der Waals surface area contributed by atoms with Crippen molar-refractivity contribution in [3.05, 3.63) is 0 Å². The zero-order chi connectivity index (χ0) is 17.1. The number of nitrogens with zero attached hydrogens (tertiary/aromatic N) is 1. The summed E-state index contributed by atoms with van der Waals surface area (Å²) in [7, 11) is 0. The van der Waals surface area contributed by atoms with Gasteiger partial charge in [0.15, 0.2) is 0 Å². The topological polar surface area (TPSA) is 93.9 Å². The average molecular weight is 315 g/mol. The lowest BCUT2D eigenvalue weighted by Crippen LogP contribution is -2.45. The molecule has 3 N–H and O–H groups in total. The number of alkyl carbamates (subject to hydrolysis) is 1. The van der Waals surface area contributed by atoms with Crippen molar-refractivity contribution in [1.82, 2.24) is 10.2 Å². The molecule has 1 aliphatic heterocycles. The highest BCUT2D eigenvalue weighted by Gasteiger charge is 2.37. The van der Waals surface area contributed by atoms with Crippen molar-refractivity contribution in [3.8, 4) is 0 Å². The summed E-state index contributed by atoms with van der Waals surface area (Å²) in [5.41, 5.74) is 4.63. The highest BCUT2D eigenvalue weighted by atomic mass is 16.6. The molecule has 2 atom stereocenters. The van der Waals surface area contributed by atoms with E-state index in [9.17, 15) is 9.59 Å². The van der Waals surface area contributed by atoms with Crippen molar-refractivity contribution < 1.29 is 19.1 Å². The number of carbonyl (C=O) groups is 2. The number of ether oxygens (including phenoxy) is 2. The highest BCUT2D eigenvalue weighted by molar-refractivity contribution is 5.70. The van der Waals surface area contributed by atoms with Crippen LogP contribution in [0.2, 0.25) is 0 Å². The summed E-state index contributed by atoms with van der Waals surface area (Å²) >= 11 is 0. The van der Waals surface area contributed by atoms with Crippen LogP contribution in [0.25, 0.3) is 0 Å². The highest BCUT2D eigenvalue weighted by Crippen LogP contribution is 2.20. The molecule has 0 unspecified atom stereocenters. The van der Waals surface area contributed by atoms with Gasteiger partial charge in [0, 0.05) is 19.0 Å². The van der Waals surface area contributed by atoms with Crippen LogP contribution in [0.15, 0.2) is 0 Å². The maximum absolute atomic E-state index is 12.1. The zero-order valence-electron chi connectivity index (χ0n) is 14.4. The van der Waals surface area contributed by atoms with Gasteiger partial charge in [-0.1, -0.05) is 0 Å². The van der Waals surface area contributed by atoms with Crippen molar-refractivity contribution in [2.75, 3.05) is 19.6 Å². The molecule has 7 heteroatoms. The molecule has 0 aliphatic carbocycles. The molecule has 0 aromatic carbocycles. The fraction of sp³-hybridized carbons (Fsp3) is 0.867. The van der Waals surface area contributed by atoms with Crippen molar-refractivity contribution in [1.29, 1.82) is 0 Å². The van der Waals surface area contributed by atoms with Crippen molar-refractivity contribution in [2.24, 2.45) is 11.7 Å². The Hall–Kier alpha value is -1.50. The van der Waals surface area contributed by atoms with E-state index in [1.54, 1.807) is 25.7 Å². The summed E-state index contributed by atoms with van der Waals surface area (Å²) in [6.07, 6.45) is -0.888. The largest absolute Gasteiger partial charge is 0.444 e. The lowest BCUT2D eigenvalue weighted by atomic mass is 10.0. The standard InChI is InChI=1S/C15H29N3O4/c1-14(2,3)21-12(19)17-11-9-18(8-10(11)7-16)13(20)22-15(4,5)6/h10-11H,7-9,16H2,1-6H3,(H,17,19)/t10-,11-/m1/s1. The lowest BCUT2D eigenvalue weighted by Gasteiger charge is -2.25. The first-order chi connectivity index (χ1) is 9.91. The average Bonchev–Trinajstić information content (AvgIpc) is 2.67. The van der Waals surface area contributed by atoms with Crippen molar-refractivity contribution in [2.45, 2.75) is 58.8 Å². The Labute approximate surface area is 132 Å². The summed E-state index contributed by atoms with van der Waals surface area (Å²) < 4.78 is 10.6. The molecule has 2 amide bonds. The molecule has 1 fully saturated rings. The molecule has 1 saturated heterocycles. The molecule has 1 rings (SSSR count). The van der Waals surface area contributed by atoms with Gasteiger partial charge in [0.25, 0.3) is 0 Å². The van der Waals surface area contributed by atoms with Gasteiger partial charge in [-0.15, -0.1) is 0 Å². The van der Waals surface area contributed by atoms with Gasteiger partial charge in [-0.05, 0) is 48.1 Å². The summed E-state index contributed by atoms with van der Waals surface area (Å²) in [6, 6.07) is -0.229. The van der Waals surface area contributed by atoms with Crippen molar-refractivity contribution in [3.63, 3.8) is 0 Å². The fourth-order valence-corrected chi connectivity index (χ4v) is 2.21. The number of hydrogen-bond acceptors (Lipinski definition) is 5. The van der Waals surface area contributed by atoms with Gasteiger partial charge >= 0.3 is 12.2 Å². The molecule has 22 heavy (non-hydrogen) atoms. The fourth-order valence-electron chi connectivity index (χ4n) is 2.21. The minimum Gasteiger partial charge on any atom is -0.444 e. The second-order valence-electron chi connectivity index (χ2n) is 7.63. The SMILES string of the molecule is CC(C)(C)OC(=O)N[C@@H]1CN(C(=O)OC(C)(C)C)C[C@H]1CN. The normalized spacial score (nSPS) is 22.4. The van der Waals surface area contributed by atoms with Gasteiger partial charge in [0.05, 0.1) is 6.04 Å². The molecule has 1 aliphatic rings. The van der Waals surface area contributed by atoms with Crippen LogP contribution in [0.1, 0.15) is 41.5 Å². The Balaban J connectivity index is 2.62. The van der Waals surface area contributed by atoms with E-state index in [1.807, 2.05) is 20.8 Å². The number of rotatable bonds is 2. The molecular formula is C15H29N3O4. The van der Waals surface area contributed by atoms with Gasteiger partial charge in [0.1, 0.15) is 11.2 Å². The van der Waals surface area contributed by atoms with Crippen LogP contribution >= 0.6 is 0 Å². The van der Waals surface area contributed by atoms with Crippen LogP contribution in [0.5, 0.6) is 0 Å². The molecule has 7 nitrogen and oxygen atoms in total. The van der Waals surface area contributed by atoms with E-state index in [0.717, 1.165) is 0 Å². The third kappa shape index (κ3) is 6.09. The molecule has 0 aromatic heterocycles. The lowest BCUT2D eigenvalue weighted by molar-refractivity contribution is 0.0279. The predicted octanol–water partition coefficient (Wildman–Crippen LogP) is 1.71. The Bertz CT molecular complexity index is 412. The molecule has 0 saturated carbocycles. The summed E-state index contributed by atoms with van der Waals surface area (Å²) in [5.74, 6) is -0.0139. The van der Waals surface area contributed by atoms with Crippen molar-refractivity contribution >= 4 is 12.2 Å². The van der Waals surface area contributed by atoms with Gasteiger partial charge in [-0.3, -0.25) is 0 Å². The van der Waals surface area contributed by atoms with Crippen LogP contribution in [0.3, 0.4) is 0 Å². The second-order valence-corrected chi connectivity index (χ2v) is 7.63. The van der Waals surface area contributed by atoms with Gasteiger partial charge in [0.2, 0.25) is 0 Å². The molecule has 0 aromatic rings. The van der Waals surface area contributed by atoms with Crippen LogP contribution in [0.4, 0.5) is 9.59 Å². The Morgan fingerprint density at radius 2 is 1.64 bits per heavy atom. The first kappa shape index (κ1) is 18.5. The Morgan fingerprint density at radius 3 is 2.09 bits per heavy atom. The number of carbonyl (C=O) groups excluding carboxylic acids is 2. The van der Waals surface area contributed by atoms with Crippen LogP contribution in [-0.2, 0) is 9.47 Å². The zero-order valence-corrected chi connectivity index (χ0v) is 14.4. The van der Waals surface area contributed by atoms with Gasteiger partial charge in [-0.2, -0.15) is 0 Å². The summed E-state index contributed by atoms with van der Waals surface area (Å²) in [6.45, 7) is 12.1. The second kappa shape index (κ2) is 6.73. The van der Waals surface area contributed by atoms with Gasteiger partial charge < -0.3 is 25.4 Å². The smallest absolute Gasteiger partial charge is 0.410 e. The minimum atomic E-state index is -0.564. The molecular weight excluding hydrogens is 286 g/mol. The third-order valence-electron chi connectivity index (χ3n) is 3.10. The molecule has 0 spiro atoms. The molecule has 0 bridgehead atoms. The van der Waals surface area contributed by atoms with E-state index in [1.165, 1.54) is 0 Å². The Morgan fingerprint density at radius 1 is 1.09 bits per heavy atom. The monoisotopic (exact) mass is 315 g/mol. The van der Waals surface area contributed by atoms with Crippen LogP contribution in [-0.4, -0.2) is 54.0 Å². The third-order valence-corrected chi connectivity index (χ3v) is 3.10. The first-order valence-electron chi connectivity index (χ1n) is 7.59. The van der Waals surface area contributed by atoms with Crippen LogP contribution in [0, 0.1) is 5.92 Å². The Kier molecular flexibility index (Phi) is 5.67. The van der Waals surface area contributed by atoms with E-state index < -0.39 is 17.3 Å². The number of likely N-dealkylation sites (tertiary alicyclic amines) is 1. The minimum absolute atomic E-state index is 0.0139. The van der Waals surface area contributed by atoms with Gasteiger partial charge in [-0.25, -0.2) is 9.59 Å². The van der Waals surface area contributed by atoms with E-state index in [-0.39, 0.29) is 18.1 Å². The van der Waals surface area contributed by atoms with E-state index in [0.29, 0.717) is 19.6 Å². The summed E-state index contributed by atoms with van der Waals surface area (Å²) in [4.78, 5) is 25.5. The number of nitrogens with one attached hydrogen (secondary N) is 1. The number of hydrogen-bond donors (Lipinski definition) is 2. The molecule has 0 radical (unpaired) electrons. The maximum Gasteiger partial charge on any atom is 0.410 e. The first-order valence-corrected chi connectivity index (χ1v) is 7.59. The van der Waals surface area contributed by atoms with Crippen LogP contribution < -0.4 is 11.1 Å². The number of amides is 2. The molecule has 1 heterocycles. The van der Waals surface area contributed by atoms with E-state index in [4.69, 9.17) is 15.2 Å². The van der Waals surface area contributed by atoms with E-state index >= 15 is 0 Å².